The Morgan fingerprint density at radius 2 is 1.83 bits per heavy atom. The second-order valence-electron chi connectivity index (χ2n) is 7.54. The van der Waals surface area contributed by atoms with E-state index < -0.39 is 21.8 Å². The summed E-state index contributed by atoms with van der Waals surface area (Å²) in [6.07, 6.45) is 1.13. The molecule has 3 rings (SSSR count). The number of carbonyl (C=O) groups is 1. The molecule has 2 aromatic carbocycles. The number of rotatable bonds is 4. The van der Waals surface area contributed by atoms with Gasteiger partial charge in [0.2, 0.25) is 15.9 Å². The average molecular weight is 483 g/mol. The number of carbonyl (C=O) groups excluding carboxylic acids is 1. The number of hydrogen-bond acceptors (Lipinski definition) is 3. The Bertz CT molecular complexity index is 1030. The van der Waals surface area contributed by atoms with Gasteiger partial charge in [-0.2, -0.15) is 4.31 Å². The summed E-state index contributed by atoms with van der Waals surface area (Å²) in [6, 6.07) is 8.10. The molecule has 5 nitrogen and oxygen atoms in total. The molecule has 1 atom stereocenters. The molecule has 1 aliphatic heterocycles. The summed E-state index contributed by atoms with van der Waals surface area (Å²) in [5.41, 5.74) is 2.49. The van der Waals surface area contributed by atoms with Gasteiger partial charge in [-0.25, -0.2) is 12.8 Å². The Kier molecular flexibility index (Phi) is 6.45. The standard InChI is InChI=1S/C21H24BrFN2O3S/c1-13-9-14(2)20(15(3)10-13)29(27,28)25-8-4-5-16(12-25)21(26)24-19-7-6-17(22)11-18(19)23/h6-7,9-11,16H,4-5,8,12H2,1-3H3,(H,24,26)/t16-/m0/s1. The third-order valence-corrected chi connectivity index (χ3v) is 7.81. The van der Waals surface area contributed by atoms with Crippen LogP contribution in [0.15, 0.2) is 39.7 Å². The maximum Gasteiger partial charge on any atom is 0.243 e. The minimum absolute atomic E-state index is 0.0824. The first kappa shape index (κ1) is 21.9. The first-order valence-corrected chi connectivity index (χ1v) is 11.7. The summed E-state index contributed by atoms with van der Waals surface area (Å²) in [5.74, 6) is -1.45. The molecule has 0 spiro atoms. The van der Waals surface area contributed by atoms with Crippen molar-refractivity contribution < 1.29 is 17.6 Å². The summed E-state index contributed by atoms with van der Waals surface area (Å²) in [5, 5.41) is 2.59. The summed E-state index contributed by atoms with van der Waals surface area (Å²) >= 11 is 3.18. The molecule has 156 valence electrons. The van der Waals surface area contributed by atoms with Crippen LogP contribution in [0, 0.1) is 32.5 Å². The van der Waals surface area contributed by atoms with E-state index in [0.29, 0.717) is 39.9 Å². The van der Waals surface area contributed by atoms with Crippen LogP contribution < -0.4 is 5.32 Å². The average Bonchev–Trinajstić information content (AvgIpc) is 2.63. The molecule has 1 amide bonds. The van der Waals surface area contributed by atoms with Crippen LogP contribution in [0.3, 0.4) is 0 Å². The molecule has 0 radical (unpaired) electrons. The molecule has 1 aliphatic rings. The van der Waals surface area contributed by atoms with E-state index in [-0.39, 0.29) is 18.1 Å². The maximum absolute atomic E-state index is 14.0. The predicted octanol–water partition coefficient (Wildman–Crippen LogP) is 4.55. The SMILES string of the molecule is Cc1cc(C)c(S(=O)(=O)N2CCC[C@H](C(=O)Nc3ccc(Br)cc3F)C2)c(C)c1. The Morgan fingerprint density at radius 1 is 1.17 bits per heavy atom. The first-order valence-electron chi connectivity index (χ1n) is 9.43. The number of sulfonamides is 1. The van der Waals surface area contributed by atoms with Gasteiger partial charge < -0.3 is 5.32 Å². The van der Waals surface area contributed by atoms with Crippen molar-refractivity contribution in [1.82, 2.24) is 4.31 Å². The number of nitrogens with one attached hydrogen (secondary N) is 1. The van der Waals surface area contributed by atoms with Crippen molar-refractivity contribution in [2.45, 2.75) is 38.5 Å². The third-order valence-electron chi connectivity index (χ3n) is 5.15. The van der Waals surface area contributed by atoms with Gasteiger partial charge in [0, 0.05) is 17.6 Å². The predicted molar refractivity (Wildman–Crippen MR) is 115 cm³/mol. The molecular formula is C21H24BrFN2O3S. The fourth-order valence-corrected chi connectivity index (χ4v) is 6.17. The van der Waals surface area contributed by atoms with Gasteiger partial charge in [0.15, 0.2) is 0 Å². The smallest absolute Gasteiger partial charge is 0.243 e. The zero-order chi connectivity index (χ0) is 21.3. The number of aryl methyl sites for hydroxylation is 3. The molecule has 0 bridgehead atoms. The summed E-state index contributed by atoms with van der Waals surface area (Å²) in [7, 11) is -3.72. The van der Waals surface area contributed by atoms with Gasteiger partial charge in [-0.15, -0.1) is 0 Å². The lowest BCUT2D eigenvalue weighted by Gasteiger charge is -2.32. The minimum Gasteiger partial charge on any atom is -0.323 e. The van der Waals surface area contributed by atoms with E-state index in [2.05, 4.69) is 21.2 Å². The van der Waals surface area contributed by atoms with Crippen LogP contribution in [-0.2, 0) is 14.8 Å². The highest BCUT2D eigenvalue weighted by Gasteiger charge is 2.35. The van der Waals surface area contributed by atoms with E-state index in [1.807, 2.05) is 19.1 Å². The van der Waals surface area contributed by atoms with E-state index in [9.17, 15) is 17.6 Å². The van der Waals surface area contributed by atoms with E-state index in [4.69, 9.17) is 0 Å². The zero-order valence-corrected chi connectivity index (χ0v) is 19.0. The van der Waals surface area contributed by atoms with E-state index in [0.717, 1.165) is 5.56 Å². The van der Waals surface area contributed by atoms with E-state index in [1.165, 1.54) is 16.4 Å². The van der Waals surface area contributed by atoms with Crippen molar-refractivity contribution in [1.29, 1.82) is 0 Å². The number of halogens is 2. The van der Waals surface area contributed by atoms with Gasteiger partial charge >= 0.3 is 0 Å². The Morgan fingerprint density at radius 3 is 2.45 bits per heavy atom. The molecule has 2 aromatic rings. The lowest BCUT2D eigenvalue weighted by molar-refractivity contribution is -0.120. The molecule has 0 saturated carbocycles. The monoisotopic (exact) mass is 482 g/mol. The molecule has 8 heteroatoms. The van der Waals surface area contributed by atoms with Crippen molar-refractivity contribution in [3.63, 3.8) is 0 Å². The summed E-state index contributed by atoms with van der Waals surface area (Å²) < 4.78 is 42.6. The molecular weight excluding hydrogens is 459 g/mol. The molecule has 1 heterocycles. The first-order chi connectivity index (χ1) is 13.6. The lowest BCUT2D eigenvalue weighted by atomic mass is 9.98. The van der Waals surface area contributed by atoms with Crippen LogP contribution in [-0.4, -0.2) is 31.7 Å². The highest BCUT2D eigenvalue weighted by atomic mass is 79.9. The van der Waals surface area contributed by atoms with E-state index >= 15 is 0 Å². The van der Waals surface area contributed by atoms with Crippen molar-refractivity contribution >= 4 is 37.5 Å². The number of anilines is 1. The highest BCUT2D eigenvalue weighted by Crippen LogP contribution is 2.29. The van der Waals surface area contributed by atoms with Crippen LogP contribution in [0.5, 0.6) is 0 Å². The van der Waals surface area contributed by atoms with Gasteiger partial charge in [-0.05, 0) is 62.9 Å². The highest BCUT2D eigenvalue weighted by molar-refractivity contribution is 9.10. The van der Waals surface area contributed by atoms with Crippen LogP contribution in [0.1, 0.15) is 29.5 Å². The molecule has 1 fully saturated rings. The van der Waals surface area contributed by atoms with Crippen molar-refractivity contribution in [3.05, 3.63) is 57.3 Å². The number of amides is 1. The second-order valence-corrected chi connectivity index (χ2v) is 10.3. The van der Waals surface area contributed by atoms with Crippen LogP contribution in [0.2, 0.25) is 0 Å². The Labute approximate surface area is 179 Å². The number of nitrogens with zero attached hydrogens (tertiary/aromatic N) is 1. The molecule has 0 aromatic heterocycles. The Balaban J connectivity index is 1.80. The quantitative estimate of drug-likeness (QED) is 0.694. The molecule has 1 N–H and O–H groups in total. The van der Waals surface area contributed by atoms with Crippen LogP contribution in [0.25, 0.3) is 0 Å². The summed E-state index contributed by atoms with van der Waals surface area (Å²) in [4.78, 5) is 13.0. The topological polar surface area (TPSA) is 66.5 Å². The molecule has 29 heavy (non-hydrogen) atoms. The maximum atomic E-state index is 14.0. The molecule has 0 unspecified atom stereocenters. The second kappa shape index (κ2) is 8.53. The van der Waals surface area contributed by atoms with Gasteiger partial charge in [0.25, 0.3) is 0 Å². The van der Waals surface area contributed by atoms with Gasteiger partial charge in [0.1, 0.15) is 5.82 Å². The van der Waals surface area contributed by atoms with Gasteiger partial charge in [-0.1, -0.05) is 33.6 Å². The van der Waals surface area contributed by atoms with Crippen molar-refractivity contribution in [2.24, 2.45) is 5.92 Å². The van der Waals surface area contributed by atoms with Crippen molar-refractivity contribution in [2.75, 3.05) is 18.4 Å². The van der Waals surface area contributed by atoms with E-state index in [1.54, 1.807) is 19.9 Å². The molecule has 1 saturated heterocycles. The van der Waals surface area contributed by atoms with Crippen LogP contribution in [0.4, 0.5) is 10.1 Å². The zero-order valence-electron chi connectivity index (χ0n) is 16.6. The normalized spacial score (nSPS) is 17.9. The van der Waals surface area contributed by atoms with Crippen molar-refractivity contribution in [3.8, 4) is 0 Å². The largest absolute Gasteiger partial charge is 0.323 e. The number of benzene rings is 2. The number of piperidine rings is 1. The van der Waals surface area contributed by atoms with Crippen LogP contribution >= 0.6 is 15.9 Å². The van der Waals surface area contributed by atoms with Gasteiger partial charge in [0.05, 0.1) is 16.5 Å². The summed E-state index contributed by atoms with van der Waals surface area (Å²) in [6.45, 7) is 5.96. The number of hydrogen-bond donors (Lipinski definition) is 1. The fraction of sp³-hybridized carbons (Fsp3) is 0.381. The lowest BCUT2D eigenvalue weighted by Crippen LogP contribution is -2.44. The fourth-order valence-electron chi connectivity index (χ4n) is 3.90. The minimum atomic E-state index is -3.72. The molecule has 0 aliphatic carbocycles. The Hall–Kier alpha value is -1.77. The third kappa shape index (κ3) is 4.70. The van der Waals surface area contributed by atoms with Gasteiger partial charge in [-0.3, -0.25) is 4.79 Å².